The fourth-order valence-electron chi connectivity index (χ4n) is 12.6. The molecule has 3 rings (SSSR count). The molecule has 19 heteroatoms. The van der Waals surface area contributed by atoms with Crippen molar-refractivity contribution in [3.05, 3.63) is 36.5 Å². The lowest BCUT2D eigenvalue weighted by Crippen LogP contribution is -2.66. The van der Waals surface area contributed by atoms with E-state index >= 15 is 0 Å². The van der Waals surface area contributed by atoms with Gasteiger partial charge in [-0.25, -0.2) is 0 Å². The highest BCUT2D eigenvalue weighted by Crippen LogP contribution is 2.33. The Morgan fingerprint density at radius 2 is 0.696 bits per heavy atom. The first-order chi connectivity index (χ1) is 44.8. The van der Waals surface area contributed by atoms with Crippen molar-refractivity contribution in [2.24, 2.45) is 0 Å². The molecule has 17 atom stereocenters. The highest BCUT2D eigenvalue weighted by atomic mass is 16.8. The summed E-state index contributed by atoms with van der Waals surface area (Å²) in [6.45, 7) is 1.72. The second kappa shape index (κ2) is 55.0. The molecule has 19 nitrogen and oxygen atoms in total. The van der Waals surface area contributed by atoms with Gasteiger partial charge >= 0.3 is 0 Å². The molecule has 3 saturated heterocycles. The fourth-order valence-corrected chi connectivity index (χ4v) is 12.6. The standard InChI is InChI=1S/C73H135NO18/c1-3-5-7-9-11-13-15-17-19-21-22-23-24-25-26-27-28-29-30-31-32-33-34-35-37-39-41-43-45-47-49-51-61(79)74-56(57(78)50-48-46-44-42-40-38-36-20-18-16-14-12-10-8-6-4-2)55-87-71-67(85)64(82)69(59(53-76)89-71)92-73-68(86)65(83)70(60(54-77)90-73)91-72-66(84)63(81)62(80)58(52-75)88-72/h18,20,40,42,48,50,56-60,62-73,75-78,80-86H,3-17,19,21-39,41,43-47,49,51-55H2,1-2H3,(H,74,79)/b20-18+,42-40+,50-48+. The SMILES string of the molecule is CCCCCCCC/C=C/CC/C=C/CC/C=C/C(O)C(COC1OC(CO)C(OC2OC(CO)C(OC3OC(CO)C(O)C(O)C3O)C(O)C2O)C(O)C1O)NC(=O)CCCCCCCCCCCCCCCCCCCCCCCCCCCCCCCCC. The lowest BCUT2D eigenvalue weighted by molar-refractivity contribution is -0.379. The van der Waals surface area contributed by atoms with E-state index in [1.54, 1.807) is 6.08 Å². The number of amides is 1. The van der Waals surface area contributed by atoms with Gasteiger partial charge in [0.2, 0.25) is 5.91 Å². The number of nitrogens with one attached hydrogen (secondary N) is 1. The zero-order chi connectivity index (χ0) is 66.8. The maximum Gasteiger partial charge on any atom is 0.220 e. The van der Waals surface area contributed by atoms with Gasteiger partial charge in [-0.2, -0.15) is 0 Å². The summed E-state index contributed by atoms with van der Waals surface area (Å²) in [7, 11) is 0. The average Bonchev–Trinajstić information content (AvgIpc) is 0.837. The fraction of sp³-hybridized carbons (Fsp3) is 0.904. The molecule has 3 aliphatic heterocycles. The number of aliphatic hydroxyl groups is 11. The van der Waals surface area contributed by atoms with Crippen molar-refractivity contribution in [1.82, 2.24) is 5.32 Å². The average molecular weight is 1310 g/mol. The molecule has 3 heterocycles. The van der Waals surface area contributed by atoms with Crippen LogP contribution in [0.2, 0.25) is 0 Å². The normalized spacial score (nSPS) is 27.9. The zero-order valence-electron chi connectivity index (χ0n) is 57.3. The second-order valence-corrected chi connectivity index (χ2v) is 26.7. The Morgan fingerprint density at radius 1 is 0.380 bits per heavy atom. The summed E-state index contributed by atoms with van der Waals surface area (Å²) >= 11 is 0. The highest BCUT2D eigenvalue weighted by Gasteiger charge is 2.53. The molecule has 0 aromatic rings. The maximum atomic E-state index is 13.4. The quantitative estimate of drug-likeness (QED) is 0.0199. The van der Waals surface area contributed by atoms with Crippen LogP contribution in [0.25, 0.3) is 0 Å². The number of allylic oxidation sites excluding steroid dienone is 5. The van der Waals surface area contributed by atoms with E-state index in [2.05, 4.69) is 43.5 Å². The zero-order valence-corrected chi connectivity index (χ0v) is 57.3. The predicted molar refractivity (Wildman–Crippen MR) is 360 cm³/mol. The van der Waals surface area contributed by atoms with Crippen LogP contribution in [-0.2, 0) is 33.2 Å². The van der Waals surface area contributed by atoms with Gasteiger partial charge in [0, 0.05) is 6.42 Å². The summed E-state index contributed by atoms with van der Waals surface area (Å²) in [5, 5.41) is 121. The Labute approximate surface area is 555 Å². The molecule has 17 unspecified atom stereocenters. The largest absolute Gasteiger partial charge is 0.394 e. The van der Waals surface area contributed by atoms with Gasteiger partial charge in [0.1, 0.15) is 73.2 Å². The van der Waals surface area contributed by atoms with Crippen LogP contribution >= 0.6 is 0 Å². The Hall–Kier alpha value is -1.99. The molecule has 0 spiro atoms. The topological polar surface area (TPSA) is 307 Å². The molecule has 0 aliphatic carbocycles. The molecule has 0 aromatic carbocycles. The van der Waals surface area contributed by atoms with Crippen molar-refractivity contribution in [3.63, 3.8) is 0 Å². The van der Waals surface area contributed by atoms with Crippen molar-refractivity contribution < 1.29 is 89.4 Å². The first-order valence-electron chi connectivity index (χ1n) is 37.2. The van der Waals surface area contributed by atoms with Crippen LogP contribution < -0.4 is 5.32 Å². The van der Waals surface area contributed by atoms with Gasteiger partial charge in [0.15, 0.2) is 18.9 Å². The van der Waals surface area contributed by atoms with Crippen LogP contribution in [-0.4, -0.2) is 193 Å². The van der Waals surface area contributed by atoms with Gasteiger partial charge < -0.3 is 89.9 Å². The summed E-state index contributed by atoms with van der Waals surface area (Å²) in [4.78, 5) is 13.4. The molecule has 12 N–H and O–H groups in total. The summed E-state index contributed by atoms with van der Waals surface area (Å²) in [6.07, 6.45) is 38.6. The minimum atomic E-state index is -1.98. The van der Waals surface area contributed by atoms with Crippen LogP contribution in [0.3, 0.4) is 0 Å². The van der Waals surface area contributed by atoms with E-state index in [-0.39, 0.29) is 18.9 Å². The number of unbranched alkanes of at least 4 members (excludes halogenated alkanes) is 38. The lowest BCUT2D eigenvalue weighted by Gasteiger charge is -2.48. The molecule has 0 radical (unpaired) electrons. The number of hydrogen-bond donors (Lipinski definition) is 12. The number of rotatable bonds is 58. The van der Waals surface area contributed by atoms with E-state index in [0.717, 1.165) is 44.9 Å². The lowest BCUT2D eigenvalue weighted by atomic mass is 9.96. The van der Waals surface area contributed by atoms with Crippen molar-refractivity contribution in [3.8, 4) is 0 Å². The Bertz CT molecular complexity index is 1810. The summed E-state index contributed by atoms with van der Waals surface area (Å²) in [6, 6.07) is -0.994. The molecular weight excluding hydrogens is 1180 g/mol. The molecule has 0 saturated carbocycles. The van der Waals surface area contributed by atoms with E-state index < -0.39 is 124 Å². The first-order valence-corrected chi connectivity index (χ1v) is 37.2. The van der Waals surface area contributed by atoms with Crippen molar-refractivity contribution in [2.45, 2.75) is 394 Å². The molecule has 0 bridgehead atoms. The third kappa shape index (κ3) is 36.0. The Balaban J connectivity index is 1.37. The van der Waals surface area contributed by atoms with E-state index in [0.29, 0.717) is 12.8 Å². The molecule has 3 fully saturated rings. The van der Waals surface area contributed by atoms with Crippen LogP contribution in [0, 0.1) is 0 Å². The Kier molecular flexibility index (Phi) is 50.3. The molecule has 1 amide bonds. The van der Waals surface area contributed by atoms with E-state index in [1.165, 1.54) is 212 Å². The third-order valence-electron chi connectivity index (χ3n) is 18.7. The van der Waals surface area contributed by atoms with Crippen LogP contribution in [0.5, 0.6) is 0 Å². The first kappa shape index (κ1) is 84.2. The number of carbonyl (C=O) groups excluding carboxylic acids is 1. The van der Waals surface area contributed by atoms with Gasteiger partial charge in [-0.1, -0.05) is 275 Å². The molecule has 3 aliphatic rings. The van der Waals surface area contributed by atoms with Gasteiger partial charge in [0.25, 0.3) is 0 Å². The summed E-state index contributed by atoms with van der Waals surface area (Å²) < 4.78 is 34.3. The smallest absolute Gasteiger partial charge is 0.220 e. The van der Waals surface area contributed by atoms with Crippen LogP contribution in [0.1, 0.15) is 290 Å². The third-order valence-corrected chi connectivity index (χ3v) is 18.7. The van der Waals surface area contributed by atoms with Crippen molar-refractivity contribution in [1.29, 1.82) is 0 Å². The monoisotopic (exact) mass is 1310 g/mol. The molecule has 92 heavy (non-hydrogen) atoms. The van der Waals surface area contributed by atoms with E-state index in [9.17, 15) is 61.0 Å². The minimum Gasteiger partial charge on any atom is -0.394 e. The summed E-state index contributed by atoms with van der Waals surface area (Å²) in [5.74, 6) is -0.285. The highest BCUT2D eigenvalue weighted by molar-refractivity contribution is 5.76. The van der Waals surface area contributed by atoms with Gasteiger partial charge in [-0.3, -0.25) is 4.79 Å². The van der Waals surface area contributed by atoms with E-state index in [4.69, 9.17) is 28.4 Å². The number of hydrogen-bond acceptors (Lipinski definition) is 18. The van der Waals surface area contributed by atoms with Crippen molar-refractivity contribution in [2.75, 3.05) is 26.4 Å². The second-order valence-electron chi connectivity index (χ2n) is 26.7. The van der Waals surface area contributed by atoms with Gasteiger partial charge in [-0.15, -0.1) is 0 Å². The van der Waals surface area contributed by atoms with Crippen molar-refractivity contribution >= 4 is 5.91 Å². The number of carbonyl (C=O) groups is 1. The minimum absolute atomic E-state index is 0.236. The molecule has 540 valence electrons. The van der Waals surface area contributed by atoms with Gasteiger partial charge in [0.05, 0.1) is 38.6 Å². The molecule has 0 aromatic heterocycles. The number of ether oxygens (including phenoxy) is 6. The van der Waals surface area contributed by atoms with Crippen LogP contribution in [0.4, 0.5) is 0 Å². The Morgan fingerprint density at radius 3 is 1.09 bits per heavy atom. The maximum absolute atomic E-state index is 13.4. The predicted octanol–water partition coefficient (Wildman–Crippen LogP) is 10.8. The molecular formula is C73H135NO18. The van der Waals surface area contributed by atoms with Gasteiger partial charge in [-0.05, 0) is 44.9 Å². The number of aliphatic hydroxyl groups excluding tert-OH is 11. The van der Waals surface area contributed by atoms with E-state index in [1.807, 2.05) is 6.08 Å². The van der Waals surface area contributed by atoms with Crippen LogP contribution in [0.15, 0.2) is 36.5 Å². The summed E-state index contributed by atoms with van der Waals surface area (Å²) in [5.41, 5.74) is 0.